The van der Waals surface area contributed by atoms with E-state index in [1.165, 1.54) is 16.6 Å². The Morgan fingerprint density at radius 2 is 2.05 bits per heavy atom. The third kappa shape index (κ3) is 2.10. The number of rotatable bonds is 1. The lowest BCUT2D eigenvalue weighted by Crippen LogP contribution is -2.33. The van der Waals surface area contributed by atoms with Gasteiger partial charge in [0.25, 0.3) is 0 Å². The third-order valence-corrected chi connectivity index (χ3v) is 4.12. The quantitative estimate of drug-likeness (QED) is 0.750. The van der Waals surface area contributed by atoms with Gasteiger partial charge in [0.1, 0.15) is 5.82 Å². The first-order valence-corrected chi connectivity index (χ1v) is 7.20. The summed E-state index contributed by atoms with van der Waals surface area (Å²) in [5.41, 5.74) is 8.12. The molecule has 3 heterocycles. The predicted molar refractivity (Wildman–Crippen MR) is 84.4 cm³/mol. The molecule has 0 saturated heterocycles. The van der Waals surface area contributed by atoms with Crippen LogP contribution in [0.2, 0.25) is 5.02 Å². The van der Waals surface area contributed by atoms with Crippen LogP contribution in [-0.2, 0) is 13.1 Å². The first-order valence-electron chi connectivity index (χ1n) is 6.82. The van der Waals surface area contributed by atoms with Gasteiger partial charge in [-0.1, -0.05) is 17.7 Å². The Hall–Kier alpha value is -2.27. The topological polar surface area (TPSA) is 60.0 Å². The van der Waals surface area contributed by atoms with Crippen molar-refractivity contribution in [2.24, 2.45) is 0 Å². The van der Waals surface area contributed by atoms with E-state index < -0.39 is 0 Å². The smallest absolute Gasteiger partial charge is 0.221 e. The molecule has 3 aromatic rings. The molecule has 0 atom stereocenters. The van der Waals surface area contributed by atoms with Gasteiger partial charge in [-0.05, 0) is 24.3 Å². The zero-order valence-corrected chi connectivity index (χ0v) is 12.1. The molecule has 0 unspecified atom stereocenters. The van der Waals surface area contributed by atoms with Crippen molar-refractivity contribution in [2.45, 2.75) is 13.1 Å². The number of hydrogen-bond donors (Lipinski definition) is 1. The molecular weight excluding hydrogens is 286 g/mol. The molecule has 0 aliphatic carbocycles. The molecule has 0 amide bonds. The lowest BCUT2D eigenvalue weighted by molar-refractivity contribution is 0.581. The standard InChI is InChI=1S/C15H14ClN5/c16-11-2-1-10-7-12-9-20(5-6-21(12)13(10)8-11)14-3-4-18-15(17)19-14/h1-4,7-8H,5-6,9H2,(H2,17,18,19). The molecule has 0 fully saturated rings. The normalized spacial score (nSPS) is 14.4. The zero-order chi connectivity index (χ0) is 14.4. The van der Waals surface area contributed by atoms with E-state index >= 15 is 0 Å². The Morgan fingerprint density at radius 3 is 2.90 bits per heavy atom. The van der Waals surface area contributed by atoms with Gasteiger partial charge in [0.2, 0.25) is 5.95 Å². The number of benzene rings is 1. The minimum atomic E-state index is 0.311. The van der Waals surface area contributed by atoms with Crippen molar-refractivity contribution in [3.63, 3.8) is 0 Å². The summed E-state index contributed by atoms with van der Waals surface area (Å²) >= 11 is 6.11. The Morgan fingerprint density at radius 1 is 1.14 bits per heavy atom. The monoisotopic (exact) mass is 299 g/mol. The van der Waals surface area contributed by atoms with Crippen LogP contribution in [0.25, 0.3) is 10.9 Å². The molecule has 0 radical (unpaired) electrons. The van der Waals surface area contributed by atoms with Gasteiger partial charge in [-0.15, -0.1) is 0 Å². The lowest BCUT2D eigenvalue weighted by Gasteiger charge is -2.29. The summed E-state index contributed by atoms with van der Waals surface area (Å²) in [6.45, 7) is 2.60. The van der Waals surface area contributed by atoms with Crippen molar-refractivity contribution in [1.82, 2.24) is 14.5 Å². The molecule has 1 aliphatic rings. The number of nitrogens with two attached hydrogens (primary N) is 1. The first kappa shape index (κ1) is 12.5. The fraction of sp³-hybridized carbons (Fsp3) is 0.200. The highest BCUT2D eigenvalue weighted by Gasteiger charge is 2.19. The number of aromatic nitrogens is 3. The summed E-state index contributed by atoms with van der Waals surface area (Å²) in [6, 6.07) is 10.1. The molecule has 0 bridgehead atoms. The highest BCUT2D eigenvalue weighted by Crippen LogP contribution is 2.28. The Bertz CT molecular complexity index is 826. The van der Waals surface area contributed by atoms with Crippen LogP contribution in [-0.4, -0.2) is 21.1 Å². The van der Waals surface area contributed by atoms with Crippen LogP contribution in [0.5, 0.6) is 0 Å². The summed E-state index contributed by atoms with van der Waals surface area (Å²) in [6.07, 6.45) is 1.70. The molecule has 6 heteroatoms. The second-order valence-corrected chi connectivity index (χ2v) is 5.62. The van der Waals surface area contributed by atoms with E-state index in [4.69, 9.17) is 17.3 Å². The average molecular weight is 300 g/mol. The van der Waals surface area contributed by atoms with Crippen LogP contribution in [0.3, 0.4) is 0 Å². The van der Waals surface area contributed by atoms with E-state index in [-0.39, 0.29) is 0 Å². The van der Waals surface area contributed by atoms with E-state index in [0.717, 1.165) is 30.5 Å². The van der Waals surface area contributed by atoms with Gasteiger partial charge in [0.05, 0.1) is 6.54 Å². The van der Waals surface area contributed by atoms with Gasteiger partial charge >= 0.3 is 0 Å². The Kier molecular flexibility index (Phi) is 2.75. The summed E-state index contributed by atoms with van der Waals surface area (Å²) < 4.78 is 2.32. The van der Waals surface area contributed by atoms with E-state index in [1.54, 1.807) is 6.20 Å². The Labute approximate surface area is 127 Å². The molecule has 5 nitrogen and oxygen atoms in total. The molecule has 1 aromatic carbocycles. The van der Waals surface area contributed by atoms with Gasteiger partial charge in [0.15, 0.2) is 0 Å². The molecule has 2 aromatic heterocycles. The summed E-state index contributed by atoms with van der Waals surface area (Å²) in [4.78, 5) is 10.5. The number of halogens is 1. The molecule has 1 aliphatic heterocycles. The van der Waals surface area contributed by atoms with Crippen molar-refractivity contribution in [3.8, 4) is 0 Å². The van der Waals surface area contributed by atoms with Gasteiger partial charge in [0, 0.05) is 40.9 Å². The summed E-state index contributed by atoms with van der Waals surface area (Å²) in [7, 11) is 0. The van der Waals surface area contributed by atoms with Crippen LogP contribution in [0.15, 0.2) is 36.5 Å². The highest BCUT2D eigenvalue weighted by atomic mass is 35.5. The minimum absolute atomic E-state index is 0.311. The maximum atomic E-state index is 6.11. The molecule has 106 valence electrons. The third-order valence-electron chi connectivity index (χ3n) is 3.88. The summed E-state index contributed by atoms with van der Waals surface area (Å²) in [5, 5.41) is 1.99. The van der Waals surface area contributed by atoms with E-state index in [9.17, 15) is 0 Å². The number of hydrogen-bond acceptors (Lipinski definition) is 4. The number of nitrogen functional groups attached to an aromatic ring is 1. The minimum Gasteiger partial charge on any atom is -0.368 e. The van der Waals surface area contributed by atoms with Gasteiger partial charge in [-0.2, -0.15) is 4.98 Å². The highest BCUT2D eigenvalue weighted by molar-refractivity contribution is 6.31. The first-order chi connectivity index (χ1) is 10.2. The van der Waals surface area contributed by atoms with Crippen molar-refractivity contribution in [2.75, 3.05) is 17.2 Å². The van der Waals surface area contributed by atoms with Crippen molar-refractivity contribution in [1.29, 1.82) is 0 Å². The average Bonchev–Trinajstić information content (AvgIpc) is 2.84. The van der Waals surface area contributed by atoms with E-state index in [0.29, 0.717) is 5.95 Å². The van der Waals surface area contributed by atoms with Crippen LogP contribution >= 0.6 is 11.6 Å². The fourth-order valence-electron chi connectivity index (χ4n) is 2.91. The van der Waals surface area contributed by atoms with E-state index in [1.807, 2.05) is 18.2 Å². The van der Waals surface area contributed by atoms with Crippen molar-refractivity contribution < 1.29 is 0 Å². The van der Waals surface area contributed by atoms with Crippen molar-refractivity contribution in [3.05, 3.63) is 47.2 Å². The molecule has 21 heavy (non-hydrogen) atoms. The van der Waals surface area contributed by atoms with Gasteiger partial charge < -0.3 is 15.2 Å². The second kappa shape index (κ2) is 4.63. The van der Waals surface area contributed by atoms with Crippen LogP contribution < -0.4 is 10.6 Å². The van der Waals surface area contributed by atoms with Crippen LogP contribution in [0, 0.1) is 0 Å². The second-order valence-electron chi connectivity index (χ2n) is 5.19. The van der Waals surface area contributed by atoms with Gasteiger partial charge in [-0.25, -0.2) is 4.98 Å². The zero-order valence-electron chi connectivity index (χ0n) is 11.3. The number of fused-ring (bicyclic) bond motifs is 3. The maximum absolute atomic E-state index is 6.11. The molecule has 0 saturated carbocycles. The molecular formula is C15H14ClN5. The van der Waals surface area contributed by atoms with Crippen LogP contribution in [0.4, 0.5) is 11.8 Å². The predicted octanol–water partition coefficient (Wildman–Crippen LogP) is 2.69. The van der Waals surface area contributed by atoms with Gasteiger partial charge in [-0.3, -0.25) is 0 Å². The van der Waals surface area contributed by atoms with Crippen molar-refractivity contribution >= 4 is 34.3 Å². The van der Waals surface area contributed by atoms with E-state index in [2.05, 4.69) is 31.6 Å². The maximum Gasteiger partial charge on any atom is 0.221 e. The number of anilines is 2. The Balaban J connectivity index is 1.73. The molecule has 4 rings (SSSR count). The SMILES string of the molecule is Nc1nccc(N2CCn3c(cc4ccc(Cl)cc43)C2)n1. The fourth-order valence-corrected chi connectivity index (χ4v) is 3.08. The molecule has 0 spiro atoms. The molecule has 2 N–H and O–H groups in total. The largest absolute Gasteiger partial charge is 0.368 e. The van der Waals surface area contributed by atoms with Crippen LogP contribution in [0.1, 0.15) is 5.69 Å². The summed E-state index contributed by atoms with van der Waals surface area (Å²) in [5.74, 6) is 1.18. The number of nitrogens with zero attached hydrogens (tertiary/aromatic N) is 4. The lowest BCUT2D eigenvalue weighted by atomic mass is 10.2.